The van der Waals surface area contributed by atoms with E-state index in [1.54, 1.807) is 37.6 Å². The van der Waals surface area contributed by atoms with Gasteiger partial charge in [0.05, 0.1) is 30.9 Å². The Labute approximate surface area is 202 Å². The van der Waals surface area contributed by atoms with E-state index in [1.807, 2.05) is 18.2 Å². The summed E-state index contributed by atoms with van der Waals surface area (Å²) in [6.07, 6.45) is 2.80. The van der Waals surface area contributed by atoms with Gasteiger partial charge in [-0.2, -0.15) is 9.97 Å². The first-order chi connectivity index (χ1) is 16.9. The van der Waals surface area contributed by atoms with E-state index in [0.29, 0.717) is 29.1 Å². The van der Waals surface area contributed by atoms with Crippen LogP contribution in [0.3, 0.4) is 0 Å². The maximum absolute atomic E-state index is 12.2. The molecule has 1 atom stereocenters. The molecule has 0 radical (unpaired) electrons. The van der Waals surface area contributed by atoms with Crippen LogP contribution >= 0.6 is 0 Å². The number of H-pyrrole nitrogens is 1. The zero-order valence-corrected chi connectivity index (χ0v) is 20.1. The van der Waals surface area contributed by atoms with E-state index in [0.717, 1.165) is 24.9 Å². The summed E-state index contributed by atoms with van der Waals surface area (Å²) in [5.41, 5.74) is 2.20. The van der Waals surface area contributed by atoms with E-state index in [4.69, 9.17) is 14.2 Å². The lowest BCUT2D eigenvalue weighted by Gasteiger charge is -2.24. The number of methoxy groups -OCH3 is 1. The Balaban J connectivity index is 1.48. The maximum atomic E-state index is 12.2. The van der Waals surface area contributed by atoms with Gasteiger partial charge in [0.25, 0.3) is 0 Å². The number of benzene rings is 2. The van der Waals surface area contributed by atoms with Gasteiger partial charge in [-0.05, 0) is 35.9 Å². The Kier molecular flexibility index (Phi) is 6.29. The van der Waals surface area contributed by atoms with Gasteiger partial charge in [0.15, 0.2) is 9.84 Å². The molecule has 5 rings (SSSR count). The number of rotatable bonds is 7. The first-order valence-corrected chi connectivity index (χ1v) is 12.9. The minimum atomic E-state index is -3.50. The Morgan fingerprint density at radius 2 is 1.97 bits per heavy atom. The average Bonchev–Trinajstić information content (AvgIpc) is 3.33. The highest BCUT2D eigenvalue weighted by molar-refractivity contribution is 7.90. The summed E-state index contributed by atoms with van der Waals surface area (Å²) < 4.78 is 41.9. The fraction of sp³-hybridized carbons (Fsp3) is 0.250. The molecule has 0 bridgehead atoms. The standard InChI is InChI=1S/C24H25N5O5S/c1-32-19-13-15(20-14-25-11-12-33-20)7-8-17(19)27-24-28-22-16(9-10-26-22)23(29-24)34-18-5-3-4-6-21(18)35(2,30)31/h3-10,13,20,25H,11-12,14H2,1-2H3,(H2,26,27,28,29). The van der Waals surface area contributed by atoms with E-state index in [9.17, 15) is 8.42 Å². The lowest BCUT2D eigenvalue weighted by molar-refractivity contribution is 0.0276. The van der Waals surface area contributed by atoms with Crippen LogP contribution < -0.4 is 20.1 Å². The Morgan fingerprint density at radius 3 is 2.74 bits per heavy atom. The predicted molar refractivity (Wildman–Crippen MR) is 131 cm³/mol. The summed E-state index contributed by atoms with van der Waals surface area (Å²) in [6.45, 7) is 2.23. The van der Waals surface area contributed by atoms with Crippen molar-refractivity contribution in [2.75, 3.05) is 38.4 Å². The van der Waals surface area contributed by atoms with Crippen molar-refractivity contribution in [1.29, 1.82) is 0 Å². The topological polar surface area (TPSA) is 127 Å². The molecule has 0 spiro atoms. The quantitative estimate of drug-likeness (QED) is 0.352. The van der Waals surface area contributed by atoms with Crippen LogP contribution in [0.1, 0.15) is 11.7 Å². The molecule has 1 aliphatic heterocycles. The number of fused-ring (bicyclic) bond motifs is 1. The smallest absolute Gasteiger partial charge is 0.233 e. The van der Waals surface area contributed by atoms with Crippen molar-refractivity contribution in [2.45, 2.75) is 11.0 Å². The Morgan fingerprint density at radius 1 is 1.11 bits per heavy atom. The SMILES string of the molecule is COc1cc(C2CNCCO2)ccc1Nc1nc(Oc2ccccc2S(C)(=O)=O)c2cc[nH]c2n1. The number of nitrogens with one attached hydrogen (secondary N) is 3. The summed E-state index contributed by atoms with van der Waals surface area (Å²) in [7, 11) is -1.90. The van der Waals surface area contributed by atoms with Crippen LogP contribution in [0.4, 0.5) is 11.6 Å². The van der Waals surface area contributed by atoms with Gasteiger partial charge in [-0.25, -0.2) is 8.42 Å². The molecule has 2 aromatic heterocycles. The molecule has 35 heavy (non-hydrogen) atoms. The lowest BCUT2D eigenvalue weighted by atomic mass is 10.1. The molecule has 182 valence electrons. The molecule has 0 amide bonds. The van der Waals surface area contributed by atoms with E-state index in [-0.39, 0.29) is 28.6 Å². The second kappa shape index (κ2) is 9.53. The van der Waals surface area contributed by atoms with Crippen LogP contribution in [0.25, 0.3) is 11.0 Å². The minimum Gasteiger partial charge on any atom is -0.495 e. The van der Waals surface area contributed by atoms with E-state index in [2.05, 4.69) is 25.6 Å². The number of ether oxygens (including phenoxy) is 3. The highest BCUT2D eigenvalue weighted by Gasteiger charge is 2.20. The monoisotopic (exact) mass is 495 g/mol. The van der Waals surface area contributed by atoms with Crippen LogP contribution in [-0.4, -0.2) is 56.4 Å². The van der Waals surface area contributed by atoms with Crippen LogP contribution in [0.15, 0.2) is 59.6 Å². The summed E-state index contributed by atoms with van der Waals surface area (Å²) in [5, 5.41) is 7.12. The average molecular weight is 496 g/mol. The molecule has 3 N–H and O–H groups in total. The molecule has 1 saturated heterocycles. The summed E-state index contributed by atoms with van der Waals surface area (Å²) >= 11 is 0. The van der Waals surface area contributed by atoms with E-state index < -0.39 is 9.84 Å². The van der Waals surface area contributed by atoms with Crippen LogP contribution in [0.5, 0.6) is 17.4 Å². The van der Waals surface area contributed by atoms with Gasteiger partial charge in [-0.3, -0.25) is 0 Å². The third-order valence-electron chi connectivity index (χ3n) is 5.61. The number of aromatic nitrogens is 3. The maximum Gasteiger partial charge on any atom is 0.233 e. The lowest BCUT2D eigenvalue weighted by Crippen LogP contribution is -2.33. The molecule has 10 nitrogen and oxygen atoms in total. The van der Waals surface area contributed by atoms with Gasteiger partial charge >= 0.3 is 0 Å². The first kappa shape index (κ1) is 23.1. The van der Waals surface area contributed by atoms with Crippen molar-refractivity contribution in [3.8, 4) is 17.4 Å². The number of anilines is 2. The highest BCUT2D eigenvalue weighted by atomic mass is 32.2. The van der Waals surface area contributed by atoms with Crippen molar-refractivity contribution in [3.63, 3.8) is 0 Å². The van der Waals surface area contributed by atoms with Crippen LogP contribution in [-0.2, 0) is 14.6 Å². The highest BCUT2D eigenvalue weighted by Crippen LogP contribution is 2.35. The molecule has 0 aliphatic carbocycles. The number of morpholine rings is 1. The number of para-hydroxylation sites is 1. The zero-order valence-electron chi connectivity index (χ0n) is 19.2. The van der Waals surface area contributed by atoms with Crippen molar-refractivity contribution in [2.24, 2.45) is 0 Å². The summed E-state index contributed by atoms with van der Waals surface area (Å²) in [6, 6.07) is 14.0. The third kappa shape index (κ3) is 4.92. The first-order valence-electron chi connectivity index (χ1n) is 11.0. The van der Waals surface area contributed by atoms with Gasteiger partial charge in [-0.15, -0.1) is 0 Å². The molecule has 1 aliphatic rings. The van der Waals surface area contributed by atoms with Crippen LogP contribution in [0.2, 0.25) is 0 Å². The summed E-state index contributed by atoms with van der Waals surface area (Å²) in [4.78, 5) is 12.2. The molecule has 4 aromatic rings. The Bertz CT molecular complexity index is 1460. The fourth-order valence-corrected chi connectivity index (χ4v) is 4.70. The molecule has 0 saturated carbocycles. The van der Waals surface area contributed by atoms with Gasteiger partial charge < -0.3 is 29.8 Å². The predicted octanol–water partition coefficient (Wildman–Crippen LogP) is 3.57. The number of sulfone groups is 1. The Hall–Kier alpha value is -3.67. The molecule has 11 heteroatoms. The second-order valence-corrected chi connectivity index (χ2v) is 10.0. The van der Waals surface area contributed by atoms with Gasteiger partial charge in [-0.1, -0.05) is 18.2 Å². The number of hydrogen-bond donors (Lipinski definition) is 3. The second-order valence-electron chi connectivity index (χ2n) is 8.06. The molecule has 1 unspecified atom stereocenters. The molecular weight excluding hydrogens is 470 g/mol. The van der Waals surface area contributed by atoms with Crippen molar-refractivity contribution >= 4 is 32.5 Å². The van der Waals surface area contributed by atoms with Crippen molar-refractivity contribution in [1.82, 2.24) is 20.3 Å². The number of aromatic amines is 1. The number of nitrogens with zero attached hydrogens (tertiary/aromatic N) is 2. The largest absolute Gasteiger partial charge is 0.495 e. The summed E-state index contributed by atoms with van der Waals surface area (Å²) in [5.74, 6) is 1.27. The van der Waals surface area contributed by atoms with Crippen molar-refractivity contribution in [3.05, 3.63) is 60.3 Å². The molecule has 1 fully saturated rings. The normalized spacial score (nSPS) is 16.2. The third-order valence-corrected chi connectivity index (χ3v) is 6.74. The molecule has 2 aromatic carbocycles. The molecular formula is C24H25N5O5S. The zero-order chi connectivity index (χ0) is 24.4. The van der Waals surface area contributed by atoms with Gasteiger partial charge in [0.2, 0.25) is 11.8 Å². The van der Waals surface area contributed by atoms with Crippen LogP contribution in [0, 0.1) is 0 Å². The number of hydrogen-bond acceptors (Lipinski definition) is 9. The fourth-order valence-electron chi connectivity index (χ4n) is 3.90. The van der Waals surface area contributed by atoms with Gasteiger partial charge in [0, 0.05) is 25.5 Å². The van der Waals surface area contributed by atoms with E-state index >= 15 is 0 Å². The molecule has 3 heterocycles. The minimum absolute atomic E-state index is 0.0480. The van der Waals surface area contributed by atoms with Gasteiger partial charge in [0.1, 0.15) is 22.0 Å². The van der Waals surface area contributed by atoms with E-state index in [1.165, 1.54) is 6.07 Å². The van der Waals surface area contributed by atoms with Crippen molar-refractivity contribution < 1.29 is 22.6 Å².